The zero-order valence-electron chi connectivity index (χ0n) is 13.8. The molecule has 0 aliphatic carbocycles. The van der Waals surface area contributed by atoms with E-state index in [1.54, 1.807) is 41.2 Å². The SMILES string of the molecule is CCOc1ccc(C2C(C#N)C(=O)NC(=O)C2[n+]2ccccc2)cc1. The number of imide groups is 1. The van der Waals surface area contributed by atoms with Crippen molar-refractivity contribution in [3.8, 4) is 11.8 Å². The number of amides is 2. The number of rotatable bonds is 4. The fourth-order valence-electron chi connectivity index (χ4n) is 3.17. The Kier molecular flexibility index (Phi) is 4.75. The first-order valence-corrected chi connectivity index (χ1v) is 8.08. The molecule has 0 saturated carbocycles. The summed E-state index contributed by atoms with van der Waals surface area (Å²) in [4.78, 5) is 24.7. The van der Waals surface area contributed by atoms with Crippen LogP contribution in [0.3, 0.4) is 0 Å². The van der Waals surface area contributed by atoms with E-state index in [1.165, 1.54) is 0 Å². The number of aromatic nitrogens is 1. The number of nitrogens with zero attached hydrogens (tertiary/aromatic N) is 2. The summed E-state index contributed by atoms with van der Waals surface area (Å²) >= 11 is 0. The second kappa shape index (κ2) is 7.14. The summed E-state index contributed by atoms with van der Waals surface area (Å²) in [7, 11) is 0. The van der Waals surface area contributed by atoms with E-state index >= 15 is 0 Å². The van der Waals surface area contributed by atoms with Crippen LogP contribution in [0.1, 0.15) is 24.4 Å². The highest BCUT2D eigenvalue weighted by molar-refractivity contribution is 6.02. The molecule has 1 aliphatic heterocycles. The maximum Gasteiger partial charge on any atom is 0.296 e. The van der Waals surface area contributed by atoms with E-state index < -0.39 is 29.7 Å². The number of hydrogen-bond donors (Lipinski definition) is 1. The maximum absolute atomic E-state index is 12.5. The number of ether oxygens (including phenoxy) is 1. The fourth-order valence-corrected chi connectivity index (χ4v) is 3.17. The summed E-state index contributed by atoms with van der Waals surface area (Å²) in [5, 5.41) is 11.8. The number of hydrogen-bond acceptors (Lipinski definition) is 4. The molecule has 2 heterocycles. The Morgan fingerprint density at radius 2 is 1.80 bits per heavy atom. The molecule has 3 rings (SSSR count). The molecule has 3 unspecified atom stereocenters. The lowest BCUT2D eigenvalue weighted by molar-refractivity contribution is -0.713. The van der Waals surface area contributed by atoms with Crippen LogP contribution in [0, 0.1) is 17.2 Å². The maximum atomic E-state index is 12.5. The van der Waals surface area contributed by atoms with Gasteiger partial charge in [-0.1, -0.05) is 18.2 Å². The second-order valence-corrected chi connectivity index (χ2v) is 5.76. The van der Waals surface area contributed by atoms with E-state index in [1.807, 2.05) is 25.1 Å². The van der Waals surface area contributed by atoms with Crippen molar-refractivity contribution >= 4 is 11.8 Å². The van der Waals surface area contributed by atoms with E-state index in [4.69, 9.17) is 4.74 Å². The van der Waals surface area contributed by atoms with Gasteiger partial charge in [0.05, 0.1) is 18.6 Å². The van der Waals surface area contributed by atoms with Gasteiger partial charge in [0.1, 0.15) is 11.7 Å². The summed E-state index contributed by atoms with van der Waals surface area (Å²) < 4.78 is 7.17. The molecule has 1 fully saturated rings. The highest BCUT2D eigenvalue weighted by Crippen LogP contribution is 2.36. The highest BCUT2D eigenvalue weighted by Gasteiger charge is 2.50. The molecule has 126 valence electrons. The Bertz CT molecular complexity index is 812. The number of carbonyl (C=O) groups is 2. The number of benzene rings is 1. The molecule has 0 bridgehead atoms. The zero-order valence-corrected chi connectivity index (χ0v) is 13.8. The van der Waals surface area contributed by atoms with E-state index in [0.717, 1.165) is 5.56 Å². The average Bonchev–Trinajstić information content (AvgIpc) is 2.63. The van der Waals surface area contributed by atoms with Gasteiger partial charge in [-0.15, -0.1) is 0 Å². The van der Waals surface area contributed by atoms with Crippen molar-refractivity contribution in [2.75, 3.05) is 6.61 Å². The highest BCUT2D eigenvalue weighted by atomic mass is 16.5. The fraction of sp³-hybridized carbons (Fsp3) is 0.263. The molecule has 6 heteroatoms. The summed E-state index contributed by atoms with van der Waals surface area (Å²) in [6, 6.07) is 14.0. The van der Waals surface area contributed by atoms with Crippen LogP contribution in [-0.4, -0.2) is 18.4 Å². The van der Waals surface area contributed by atoms with Gasteiger partial charge in [-0.05, 0) is 24.6 Å². The molecule has 1 aromatic carbocycles. The third kappa shape index (κ3) is 3.22. The molecule has 6 nitrogen and oxygen atoms in total. The second-order valence-electron chi connectivity index (χ2n) is 5.76. The third-order valence-corrected chi connectivity index (χ3v) is 4.27. The number of carbonyl (C=O) groups excluding carboxylic acids is 2. The molecule has 25 heavy (non-hydrogen) atoms. The summed E-state index contributed by atoms with van der Waals surface area (Å²) in [5.41, 5.74) is 0.750. The number of nitrogens with one attached hydrogen (secondary N) is 1. The van der Waals surface area contributed by atoms with Gasteiger partial charge in [-0.3, -0.25) is 14.9 Å². The first-order valence-electron chi connectivity index (χ1n) is 8.08. The molecule has 0 spiro atoms. The van der Waals surface area contributed by atoms with Crippen LogP contribution in [0.25, 0.3) is 0 Å². The van der Waals surface area contributed by atoms with E-state index in [2.05, 4.69) is 11.4 Å². The number of piperidine rings is 1. The van der Waals surface area contributed by atoms with Gasteiger partial charge >= 0.3 is 0 Å². The van der Waals surface area contributed by atoms with Gasteiger partial charge in [0.25, 0.3) is 5.91 Å². The first-order chi connectivity index (χ1) is 12.2. The van der Waals surface area contributed by atoms with Crippen LogP contribution >= 0.6 is 0 Å². The van der Waals surface area contributed by atoms with Crippen molar-refractivity contribution in [3.05, 3.63) is 60.4 Å². The van der Waals surface area contributed by atoms with Crippen molar-refractivity contribution in [2.45, 2.75) is 18.9 Å². The summed E-state index contributed by atoms with van der Waals surface area (Å²) in [6.07, 6.45) is 3.52. The standard InChI is InChI=1S/C19H17N3O3/c1-2-25-14-8-6-13(7-9-14)16-15(12-20)18(23)21-19(24)17(16)22-10-4-3-5-11-22/h3-11,15-17H,2H2,1H3/p+1. The monoisotopic (exact) mass is 336 g/mol. The number of pyridine rings is 1. The van der Waals surface area contributed by atoms with Crippen LogP contribution in [0.2, 0.25) is 0 Å². The predicted octanol–water partition coefficient (Wildman–Crippen LogP) is 1.49. The predicted molar refractivity (Wildman–Crippen MR) is 88.3 cm³/mol. The molecule has 1 saturated heterocycles. The molecule has 2 amide bonds. The van der Waals surface area contributed by atoms with Crippen LogP contribution in [0.5, 0.6) is 5.75 Å². The molecule has 2 aromatic rings. The topological polar surface area (TPSA) is 83.1 Å². The molecule has 1 N–H and O–H groups in total. The molecule has 3 atom stereocenters. The van der Waals surface area contributed by atoms with E-state index in [0.29, 0.717) is 12.4 Å². The first kappa shape index (κ1) is 16.7. The Morgan fingerprint density at radius 1 is 1.12 bits per heavy atom. The Morgan fingerprint density at radius 3 is 2.40 bits per heavy atom. The van der Waals surface area contributed by atoms with Crippen LogP contribution in [0.4, 0.5) is 0 Å². The van der Waals surface area contributed by atoms with Gasteiger partial charge in [0.15, 0.2) is 12.4 Å². The molecule has 1 aromatic heterocycles. The van der Waals surface area contributed by atoms with Crippen molar-refractivity contribution < 1.29 is 18.9 Å². The van der Waals surface area contributed by atoms with Gasteiger partial charge in [0, 0.05) is 12.1 Å². The minimum Gasteiger partial charge on any atom is -0.494 e. The number of nitriles is 1. The molecular formula is C19H18N3O3+. The lowest BCUT2D eigenvalue weighted by Gasteiger charge is -2.30. The third-order valence-electron chi connectivity index (χ3n) is 4.27. The van der Waals surface area contributed by atoms with E-state index in [9.17, 15) is 14.9 Å². The van der Waals surface area contributed by atoms with Gasteiger partial charge in [0.2, 0.25) is 11.9 Å². The van der Waals surface area contributed by atoms with Crippen LogP contribution in [-0.2, 0) is 9.59 Å². The largest absolute Gasteiger partial charge is 0.494 e. The lowest BCUT2D eigenvalue weighted by Crippen LogP contribution is -2.59. The minimum absolute atomic E-state index is 0.411. The van der Waals surface area contributed by atoms with Crippen LogP contribution in [0.15, 0.2) is 54.9 Å². The zero-order chi connectivity index (χ0) is 17.8. The summed E-state index contributed by atoms with van der Waals surface area (Å²) in [6.45, 7) is 2.44. The minimum atomic E-state index is -0.951. The lowest BCUT2D eigenvalue weighted by atomic mass is 9.77. The van der Waals surface area contributed by atoms with Crippen molar-refractivity contribution in [2.24, 2.45) is 5.92 Å². The van der Waals surface area contributed by atoms with E-state index in [-0.39, 0.29) is 0 Å². The Hall–Kier alpha value is -3.20. The van der Waals surface area contributed by atoms with Crippen molar-refractivity contribution in [1.82, 2.24) is 5.32 Å². The Balaban J connectivity index is 2.06. The van der Waals surface area contributed by atoms with Crippen molar-refractivity contribution in [3.63, 3.8) is 0 Å². The molecule has 1 aliphatic rings. The van der Waals surface area contributed by atoms with Gasteiger partial charge in [-0.2, -0.15) is 9.83 Å². The quantitative estimate of drug-likeness (QED) is 0.677. The van der Waals surface area contributed by atoms with Crippen LogP contribution < -0.4 is 14.6 Å². The normalized spacial score (nSPS) is 22.8. The van der Waals surface area contributed by atoms with Gasteiger partial charge < -0.3 is 4.74 Å². The average molecular weight is 336 g/mol. The smallest absolute Gasteiger partial charge is 0.296 e. The van der Waals surface area contributed by atoms with Crippen molar-refractivity contribution in [1.29, 1.82) is 5.26 Å². The Labute approximate surface area is 145 Å². The van der Waals surface area contributed by atoms with Gasteiger partial charge in [-0.25, -0.2) is 0 Å². The molecular weight excluding hydrogens is 318 g/mol. The summed E-state index contributed by atoms with van der Waals surface area (Å²) in [5.74, 6) is -1.79. The molecule has 0 radical (unpaired) electrons.